The second-order valence-corrected chi connectivity index (χ2v) is 4.21. The zero-order valence-corrected chi connectivity index (χ0v) is 15.3. The number of carboxylic acid groups (broad SMARTS) is 3. The van der Waals surface area contributed by atoms with Crippen molar-refractivity contribution in [1.29, 1.82) is 0 Å². The standard InChI is InChI=1S/C5H12O4.3C3H4O2.C2H6O2/c6-1-5(2-7,3-8)4-9;3*1-2-3(4)5;3-1-2-4/h6-9H,1-4H2;3*2H,1H2,(H,4,5);3-4H,1-2H2. The molecule has 166 valence electrons. The molecule has 0 aromatic rings. The van der Waals surface area contributed by atoms with Gasteiger partial charge in [-0.3, -0.25) is 0 Å². The third-order valence-electron chi connectivity index (χ3n) is 1.97. The molecule has 0 aliphatic carbocycles. The highest BCUT2D eigenvalue weighted by Crippen LogP contribution is 2.11. The highest BCUT2D eigenvalue weighted by Gasteiger charge is 2.26. The topological polar surface area (TPSA) is 233 Å². The highest BCUT2D eigenvalue weighted by molar-refractivity contribution is 5.79. The van der Waals surface area contributed by atoms with Gasteiger partial charge in [0.25, 0.3) is 0 Å². The lowest BCUT2D eigenvalue weighted by molar-refractivity contribution is -0.132. The summed E-state index contributed by atoms with van der Waals surface area (Å²) in [7, 11) is 0. The summed E-state index contributed by atoms with van der Waals surface area (Å²) in [5.74, 6) is -2.94. The molecule has 12 heteroatoms. The van der Waals surface area contributed by atoms with Crippen LogP contribution in [0.3, 0.4) is 0 Å². The van der Waals surface area contributed by atoms with E-state index in [1.807, 2.05) is 0 Å². The Hall–Kier alpha value is -2.61. The maximum atomic E-state index is 9.25. The summed E-state index contributed by atoms with van der Waals surface area (Å²) >= 11 is 0. The molecule has 0 aromatic carbocycles. The Morgan fingerprint density at radius 1 is 0.571 bits per heavy atom. The largest absolute Gasteiger partial charge is 0.478 e. The molecule has 0 aromatic heterocycles. The predicted octanol–water partition coefficient (Wildman–Crippen LogP) is -2.32. The molecule has 0 radical (unpaired) electrons. The third-order valence-corrected chi connectivity index (χ3v) is 1.97. The second kappa shape index (κ2) is 29.2. The Bertz CT molecular complexity index is 354. The Labute approximate surface area is 162 Å². The van der Waals surface area contributed by atoms with Gasteiger partial charge in [0, 0.05) is 18.2 Å². The molecular formula is C16H30O12. The summed E-state index contributed by atoms with van der Waals surface area (Å²) in [6.45, 7) is 7.01. The maximum Gasteiger partial charge on any atom is 0.327 e. The van der Waals surface area contributed by atoms with Crippen molar-refractivity contribution in [2.24, 2.45) is 5.41 Å². The van der Waals surface area contributed by atoms with Crippen LogP contribution in [-0.2, 0) is 14.4 Å². The number of aliphatic hydroxyl groups is 6. The Morgan fingerprint density at radius 2 is 0.714 bits per heavy atom. The van der Waals surface area contributed by atoms with E-state index in [0.717, 1.165) is 18.2 Å². The van der Waals surface area contributed by atoms with Gasteiger partial charge in [-0.15, -0.1) is 0 Å². The highest BCUT2D eigenvalue weighted by atomic mass is 16.4. The van der Waals surface area contributed by atoms with Gasteiger partial charge < -0.3 is 46.0 Å². The van der Waals surface area contributed by atoms with Gasteiger partial charge in [0.15, 0.2) is 0 Å². The summed E-state index contributed by atoms with van der Waals surface area (Å²) < 4.78 is 0. The normalized spacial score (nSPS) is 8.36. The smallest absolute Gasteiger partial charge is 0.327 e. The molecule has 0 bridgehead atoms. The molecule has 0 amide bonds. The Kier molecular flexibility index (Phi) is 37.8. The van der Waals surface area contributed by atoms with Gasteiger partial charge >= 0.3 is 17.9 Å². The van der Waals surface area contributed by atoms with Crippen LogP contribution in [0.5, 0.6) is 0 Å². The number of rotatable bonds is 8. The fraction of sp³-hybridized carbons (Fsp3) is 0.438. The first-order valence-corrected chi connectivity index (χ1v) is 7.19. The summed E-state index contributed by atoms with van der Waals surface area (Å²) in [5.41, 5.74) is -1.11. The lowest BCUT2D eigenvalue weighted by atomic mass is 9.93. The van der Waals surface area contributed by atoms with Gasteiger partial charge in [0.1, 0.15) is 0 Å². The number of hydrogen-bond donors (Lipinski definition) is 9. The number of aliphatic carboxylic acids is 3. The lowest BCUT2D eigenvalue weighted by Gasteiger charge is -2.23. The Morgan fingerprint density at radius 3 is 0.714 bits per heavy atom. The molecule has 0 heterocycles. The molecule has 0 saturated heterocycles. The van der Waals surface area contributed by atoms with Crippen molar-refractivity contribution < 1.29 is 60.3 Å². The number of aliphatic hydroxyl groups excluding tert-OH is 6. The molecule has 12 nitrogen and oxygen atoms in total. The van der Waals surface area contributed by atoms with E-state index in [1.54, 1.807) is 0 Å². The molecule has 0 aliphatic heterocycles. The first kappa shape index (κ1) is 36.3. The van der Waals surface area contributed by atoms with Crippen LogP contribution in [0.25, 0.3) is 0 Å². The van der Waals surface area contributed by atoms with Gasteiger partial charge in [0.05, 0.1) is 45.1 Å². The van der Waals surface area contributed by atoms with E-state index in [2.05, 4.69) is 19.7 Å². The maximum absolute atomic E-state index is 9.25. The lowest BCUT2D eigenvalue weighted by Crippen LogP contribution is -2.37. The fourth-order valence-electron chi connectivity index (χ4n) is 0.300. The molecule has 0 aliphatic rings. The fourth-order valence-corrected chi connectivity index (χ4v) is 0.300. The molecule has 0 rings (SSSR count). The first-order chi connectivity index (χ1) is 13.0. The number of carbonyl (C=O) groups is 3. The quantitative estimate of drug-likeness (QED) is 0.190. The van der Waals surface area contributed by atoms with Gasteiger partial charge in [-0.05, 0) is 0 Å². The zero-order valence-electron chi connectivity index (χ0n) is 15.3. The third kappa shape index (κ3) is 43.6. The predicted molar refractivity (Wildman–Crippen MR) is 98.4 cm³/mol. The van der Waals surface area contributed by atoms with Crippen molar-refractivity contribution in [3.05, 3.63) is 38.0 Å². The number of carboxylic acids is 3. The van der Waals surface area contributed by atoms with Crippen molar-refractivity contribution >= 4 is 17.9 Å². The van der Waals surface area contributed by atoms with Crippen molar-refractivity contribution in [1.82, 2.24) is 0 Å². The van der Waals surface area contributed by atoms with Crippen LogP contribution in [0, 0.1) is 5.41 Å². The van der Waals surface area contributed by atoms with E-state index < -0.39 is 49.8 Å². The molecule has 9 N–H and O–H groups in total. The van der Waals surface area contributed by atoms with Crippen LogP contribution in [0.1, 0.15) is 0 Å². The molecule has 0 unspecified atom stereocenters. The average molecular weight is 414 g/mol. The molecule has 0 saturated carbocycles. The van der Waals surface area contributed by atoms with E-state index in [0.29, 0.717) is 0 Å². The van der Waals surface area contributed by atoms with E-state index in [-0.39, 0.29) is 13.2 Å². The summed E-state index contributed by atoms with van der Waals surface area (Å²) in [4.78, 5) is 27.8. The van der Waals surface area contributed by atoms with E-state index in [1.165, 1.54) is 0 Å². The van der Waals surface area contributed by atoms with Crippen LogP contribution in [0.2, 0.25) is 0 Å². The molecule has 0 spiro atoms. The Balaban J connectivity index is -0.0000000819. The van der Waals surface area contributed by atoms with Crippen molar-refractivity contribution in [2.75, 3.05) is 39.6 Å². The SMILES string of the molecule is C=CC(=O)O.C=CC(=O)O.C=CC(=O)O.OCC(CO)(CO)CO.OCCO. The summed E-state index contributed by atoms with van der Waals surface area (Å²) in [6, 6.07) is 0. The van der Waals surface area contributed by atoms with Crippen LogP contribution in [0.15, 0.2) is 38.0 Å². The minimum Gasteiger partial charge on any atom is -0.478 e. The number of hydrogen-bond acceptors (Lipinski definition) is 9. The minimum atomic E-state index is -1.11. The monoisotopic (exact) mass is 414 g/mol. The van der Waals surface area contributed by atoms with Crippen LogP contribution >= 0.6 is 0 Å². The molecular weight excluding hydrogens is 384 g/mol. The summed E-state index contributed by atoms with van der Waals surface area (Å²) in [5, 5.41) is 72.0. The van der Waals surface area contributed by atoms with Gasteiger partial charge in [0.2, 0.25) is 0 Å². The molecule has 28 heavy (non-hydrogen) atoms. The molecule has 0 atom stereocenters. The summed E-state index contributed by atoms with van der Waals surface area (Å²) in [6.07, 6.45) is 2.50. The van der Waals surface area contributed by atoms with E-state index in [9.17, 15) is 14.4 Å². The van der Waals surface area contributed by atoms with Crippen LogP contribution in [-0.4, -0.2) is 104 Å². The van der Waals surface area contributed by atoms with Crippen molar-refractivity contribution in [2.45, 2.75) is 0 Å². The van der Waals surface area contributed by atoms with E-state index >= 15 is 0 Å². The van der Waals surface area contributed by atoms with Gasteiger partial charge in [-0.25, -0.2) is 14.4 Å². The van der Waals surface area contributed by atoms with Gasteiger partial charge in [-0.2, -0.15) is 0 Å². The first-order valence-electron chi connectivity index (χ1n) is 7.19. The van der Waals surface area contributed by atoms with Crippen LogP contribution < -0.4 is 0 Å². The van der Waals surface area contributed by atoms with Crippen LogP contribution in [0.4, 0.5) is 0 Å². The average Bonchev–Trinajstić information content (AvgIpc) is 2.71. The van der Waals surface area contributed by atoms with Crippen molar-refractivity contribution in [3.63, 3.8) is 0 Å². The minimum absolute atomic E-state index is 0.125. The van der Waals surface area contributed by atoms with E-state index in [4.69, 9.17) is 46.0 Å². The molecule has 0 fully saturated rings. The second-order valence-electron chi connectivity index (χ2n) is 4.21. The van der Waals surface area contributed by atoms with Crippen molar-refractivity contribution in [3.8, 4) is 0 Å². The zero-order chi connectivity index (χ0) is 23.6. The van der Waals surface area contributed by atoms with Gasteiger partial charge in [-0.1, -0.05) is 19.7 Å².